The fourth-order valence-corrected chi connectivity index (χ4v) is 4.01. The van der Waals surface area contributed by atoms with E-state index in [9.17, 15) is 13.6 Å². The number of carbonyl (C=O) groups is 1. The second-order valence-corrected chi connectivity index (χ2v) is 7.46. The summed E-state index contributed by atoms with van der Waals surface area (Å²) in [6.45, 7) is 0. The van der Waals surface area contributed by atoms with Crippen LogP contribution in [-0.2, 0) is 17.6 Å². The molecule has 0 spiro atoms. The molecule has 1 heterocycles. The lowest BCUT2D eigenvalue weighted by Crippen LogP contribution is -2.32. The highest BCUT2D eigenvalue weighted by molar-refractivity contribution is 5.79. The number of nitrogens with zero attached hydrogens (tertiary/aromatic N) is 2. The van der Waals surface area contributed by atoms with Crippen molar-refractivity contribution in [3.05, 3.63) is 71.1 Å². The van der Waals surface area contributed by atoms with E-state index >= 15 is 0 Å². The summed E-state index contributed by atoms with van der Waals surface area (Å²) in [5, 5.41) is 7.40. The summed E-state index contributed by atoms with van der Waals surface area (Å²) in [6, 6.07) is 8.48. The molecule has 0 fully saturated rings. The Morgan fingerprint density at radius 2 is 1.87 bits per heavy atom. The van der Waals surface area contributed by atoms with Crippen LogP contribution < -0.4 is 14.8 Å². The third-order valence-corrected chi connectivity index (χ3v) is 5.42. The Labute approximate surface area is 178 Å². The first kappa shape index (κ1) is 20.8. The normalized spacial score (nSPS) is 15.3. The molecule has 1 atom stereocenters. The van der Waals surface area contributed by atoms with E-state index in [4.69, 9.17) is 9.47 Å². The van der Waals surface area contributed by atoms with E-state index in [-0.39, 0.29) is 18.4 Å². The Hall–Kier alpha value is -3.42. The van der Waals surface area contributed by atoms with E-state index in [1.807, 2.05) is 6.07 Å². The van der Waals surface area contributed by atoms with Crippen molar-refractivity contribution in [1.82, 2.24) is 15.1 Å². The first-order chi connectivity index (χ1) is 15.0. The van der Waals surface area contributed by atoms with Crippen LogP contribution >= 0.6 is 0 Å². The van der Waals surface area contributed by atoms with E-state index in [1.54, 1.807) is 37.2 Å². The Morgan fingerprint density at radius 1 is 1.13 bits per heavy atom. The van der Waals surface area contributed by atoms with Crippen molar-refractivity contribution in [3.63, 3.8) is 0 Å². The zero-order chi connectivity index (χ0) is 22.0. The third kappa shape index (κ3) is 4.38. The number of amides is 1. The van der Waals surface area contributed by atoms with Crippen LogP contribution in [0.5, 0.6) is 11.5 Å². The van der Waals surface area contributed by atoms with Crippen LogP contribution in [0.25, 0.3) is 5.69 Å². The first-order valence-corrected chi connectivity index (χ1v) is 10.0. The lowest BCUT2D eigenvalue weighted by atomic mass is 9.92. The van der Waals surface area contributed by atoms with Gasteiger partial charge in [-0.3, -0.25) is 4.79 Å². The monoisotopic (exact) mass is 427 g/mol. The third-order valence-electron chi connectivity index (χ3n) is 5.42. The molecule has 162 valence electrons. The number of rotatable bonds is 6. The van der Waals surface area contributed by atoms with Crippen LogP contribution in [0.1, 0.15) is 35.7 Å². The van der Waals surface area contributed by atoms with Crippen molar-refractivity contribution in [2.45, 2.75) is 31.7 Å². The predicted molar refractivity (Wildman–Crippen MR) is 111 cm³/mol. The quantitative estimate of drug-likeness (QED) is 0.648. The van der Waals surface area contributed by atoms with Gasteiger partial charge in [0.25, 0.3) is 0 Å². The minimum atomic E-state index is -0.658. The number of hydrogen-bond donors (Lipinski definition) is 1. The summed E-state index contributed by atoms with van der Waals surface area (Å²) in [6.07, 6.45) is 4.18. The van der Waals surface area contributed by atoms with Crippen LogP contribution in [0.4, 0.5) is 8.78 Å². The summed E-state index contributed by atoms with van der Waals surface area (Å²) in [7, 11) is 3.11. The standard InChI is InChI=1S/C23H23F2N3O3/c1-30-21-7-6-14(8-22(21)31-2)9-23(29)27-19-4-3-5-20-18(19)13-26-28(20)17-11-15(24)10-16(25)12-17/h6-8,10-13,19H,3-5,9H2,1-2H3,(H,27,29). The molecule has 0 aliphatic heterocycles. The van der Waals surface area contributed by atoms with Gasteiger partial charge >= 0.3 is 0 Å². The molecule has 1 amide bonds. The maximum Gasteiger partial charge on any atom is 0.224 e. The molecule has 2 aromatic carbocycles. The number of fused-ring (bicyclic) bond motifs is 1. The van der Waals surface area contributed by atoms with E-state index in [1.165, 1.54) is 12.1 Å². The van der Waals surface area contributed by atoms with Crippen molar-refractivity contribution in [2.24, 2.45) is 0 Å². The summed E-state index contributed by atoms with van der Waals surface area (Å²) in [5.74, 6) is -0.277. The fraction of sp³-hybridized carbons (Fsp3) is 0.304. The number of ether oxygens (including phenoxy) is 2. The van der Waals surface area contributed by atoms with E-state index < -0.39 is 11.6 Å². The summed E-state index contributed by atoms with van der Waals surface area (Å²) < 4.78 is 39.4. The Kier molecular flexibility index (Phi) is 5.88. The van der Waals surface area contributed by atoms with Crippen molar-refractivity contribution >= 4 is 5.91 Å². The van der Waals surface area contributed by atoms with Gasteiger partial charge in [0.2, 0.25) is 5.91 Å². The van der Waals surface area contributed by atoms with Crippen LogP contribution in [0.2, 0.25) is 0 Å². The molecule has 31 heavy (non-hydrogen) atoms. The van der Waals surface area contributed by atoms with Gasteiger partial charge in [-0.05, 0) is 49.1 Å². The Balaban J connectivity index is 1.51. The number of methoxy groups -OCH3 is 2. The van der Waals surface area contributed by atoms with Gasteiger partial charge in [0.05, 0.1) is 38.6 Å². The van der Waals surface area contributed by atoms with Crippen molar-refractivity contribution < 1.29 is 23.0 Å². The van der Waals surface area contributed by atoms with Gasteiger partial charge < -0.3 is 14.8 Å². The highest BCUT2D eigenvalue weighted by atomic mass is 19.1. The Bertz CT molecular complexity index is 1090. The minimum absolute atomic E-state index is 0.130. The molecule has 4 rings (SSSR count). The van der Waals surface area contributed by atoms with E-state index in [0.717, 1.165) is 42.1 Å². The number of carbonyl (C=O) groups excluding carboxylic acids is 1. The largest absolute Gasteiger partial charge is 0.493 e. The second kappa shape index (κ2) is 8.75. The topological polar surface area (TPSA) is 65.4 Å². The van der Waals surface area contributed by atoms with Gasteiger partial charge in [-0.2, -0.15) is 5.10 Å². The second-order valence-electron chi connectivity index (χ2n) is 7.46. The van der Waals surface area contributed by atoms with E-state index in [0.29, 0.717) is 17.2 Å². The molecule has 1 aromatic heterocycles. The highest BCUT2D eigenvalue weighted by Crippen LogP contribution is 2.32. The SMILES string of the molecule is COc1ccc(CC(=O)NC2CCCc3c2cnn3-c2cc(F)cc(F)c2)cc1OC. The molecule has 0 bridgehead atoms. The maximum atomic E-state index is 13.7. The van der Waals surface area contributed by atoms with Crippen molar-refractivity contribution in [1.29, 1.82) is 0 Å². The molecular weight excluding hydrogens is 404 g/mol. The summed E-state index contributed by atoms with van der Waals surface area (Å²) >= 11 is 0. The number of hydrogen-bond acceptors (Lipinski definition) is 4. The van der Waals surface area contributed by atoms with Crippen LogP contribution in [-0.4, -0.2) is 29.9 Å². The van der Waals surface area contributed by atoms with Gasteiger partial charge in [-0.15, -0.1) is 0 Å². The lowest BCUT2D eigenvalue weighted by Gasteiger charge is -2.24. The van der Waals surface area contributed by atoms with E-state index in [2.05, 4.69) is 10.4 Å². The number of nitrogens with one attached hydrogen (secondary N) is 1. The molecule has 0 radical (unpaired) electrons. The summed E-state index contributed by atoms with van der Waals surface area (Å²) in [5.41, 5.74) is 2.86. The van der Waals surface area contributed by atoms with Crippen molar-refractivity contribution in [3.8, 4) is 17.2 Å². The van der Waals surface area contributed by atoms with Crippen molar-refractivity contribution in [2.75, 3.05) is 14.2 Å². The molecule has 1 aliphatic carbocycles. The highest BCUT2D eigenvalue weighted by Gasteiger charge is 2.26. The molecule has 0 saturated heterocycles. The number of halogens is 2. The molecular formula is C23H23F2N3O3. The zero-order valence-electron chi connectivity index (χ0n) is 17.3. The smallest absolute Gasteiger partial charge is 0.224 e. The average molecular weight is 427 g/mol. The van der Waals surface area contributed by atoms with Gasteiger partial charge in [-0.25, -0.2) is 13.5 Å². The zero-order valence-corrected chi connectivity index (χ0v) is 17.3. The van der Waals surface area contributed by atoms with Gasteiger partial charge in [-0.1, -0.05) is 6.07 Å². The van der Waals surface area contributed by atoms with Gasteiger partial charge in [0.15, 0.2) is 11.5 Å². The molecule has 1 aliphatic rings. The molecule has 3 aromatic rings. The minimum Gasteiger partial charge on any atom is -0.493 e. The van der Waals surface area contributed by atoms with Crippen LogP contribution in [0, 0.1) is 11.6 Å². The van der Waals surface area contributed by atoms with Crippen LogP contribution in [0.3, 0.4) is 0 Å². The van der Waals surface area contributed by atoms with Gasteiger partial charge in [0, 0.05) is 17.3 Å². The average Bonchev–Trinajstić information content (AvgIpc) is 3.18. The maximum absolute atomic E-state index is 13.7. The molecule has 6 nitrogen and oxygen atoms in total. The molecule has 0 saturated carbocycles. The number of aromatic nitrogens is 2. The lowest BCUT2D eigenvalue weighted by molar-refractivity contribution is -0.121. The Morgan fingerprint density at radius 3 is 2.58 bits per heavy atom. The number of benzene rings is 2. The predicted octanol–water partition coefficient (Wildman–Crippen LogP) is 3.90. The fourth-order valence-electron chi connectivity index (χ4n) is 4.01. The molecule has 1 unspecified atom stereocenters. The first-order valence-electron chi connectivity index (χ1n) is 10.0. The van der Waals surface area contributed by atoms with Crippen LogP contribution in [0.15, 0.2) is 42.6 Å². The summed E-state index contributed by atoms with van der Waals surface area (Å²) in [4.78, 5) is 12.7. The molecule has 8 heteroatoms. The van der Waals surface area contributed by atoms with Gasteiger partial charge in [0.1, 0.15) is 11.6 Å². The molecule has 1 N–H and O–H groups in total.